The second-order valence-electron chi connectivity index (χ2n) is 3.39. The van der Waals surface area contributed by atoms with E-state index in [1.54, 1.807) is 13.0 Å². The zero-order valence-corrected chi connectivity index (χ0v) is 10.9. The second kappa shape index (κ2) is 4.89. The van der Waals surface area contributed by atoms with Crippen molar-refractivity contribution in [3.05, 3.63) is 29.0 Å². The summed E-state index contributed by atoms with van der Waals surface area (Å²) in [6.07, 6.45) is 0. The number of furan rings is 1. The molecule has 0 fully saturated rings. The number of carboxylic acids is 1. The highest BCUT2D eigenvalue weighted by atomic mass is 32.2. The van der Waals surface area contributed by atoms with Gasteiger partial charge in [-0.2, -0.15) is 4.37 Å². The lowest BCUT2D eigenvalue weighted by Gasteiger charge is -1.94. The smallest absolute Gasteiger partial charge is 0.371 e. The number of carboxylic acid groups (broad SMARTS) is 1. The summed E-state index contributed by atoms with van der Waals surface area (Å²) in [5.74, 6) is 0.962. The number of carbonyl (C=O) groups is 1. The zero-order valence-electron chi connectivity index (χ0n) is 9.26. The van der Waals surface area contributed by atoms with Gasteiger partial charge in [0.2, 0.25) is 5.76 Å². The van der Waals surface area contributed by atoms with E-state index in [1.165, 1.54) is 23.3 Å². The minimum absolute atomic E-state index is 0.0217. The van der Waals surface area contributed by atoms with E-state index in [0.717, 1.165) is 15.7 Å². The summed E-state index contributed by atoms with van der Waals surface area (Å²) in [5.41, 5.74) is 0.875. The Morgan fingerprint density at radius 2 is 2.35 bits per heavy atom. The Bertz CT molecular complexity index is 547. The van der Waals surface area contributed by atoms with Crippen molar-refractivity contribution >= 4 is 29.3 Å². The van der Waals surface area contributed by atoms with Crippen LogP contribution in [0.5, 0.6) is 0 Å². The van der Waals surface area contributed by atoms with E-state index < -0.39 is 5.97 Å². The molecule has 90 valence electrons. The van der Waals surface area contributed by atoms with Gasteiger partial charge in [-0.15, -0.1) is 0 Å². The quantitative estimate of drug-likeness (QED) is 0.861. The summed E-state index contributed by atoms with van der Waals surface area (Å²) in [7, 11) is 0. The van der Waals surface area contributed by atoms with Crippen molar-refractivity contribution in [1.82, 2.24) is 9.36 Å². The number of hydrogen-bond donors (Lipinski definition) is 1. The van der Waals surface area contributed by atoms with Crippen molar-refractivity contribution in [3.8, 4) is 0 Å². The molecule has 2 rings (SSSR count). The molecule has 0 aliphatic carbocycles. The van der Waals surface area contributed by atoms with Crippen molar-refractivity contribution in [1.29, 1.82) is 0 Å². The van der Waals surface area contributed by atoms with Crippen LogP contribution in [0.4, 0.5) is 0 Å². The summed E-state index contributed by atoms with van der Waals surface area (Å²) in [6.45, 7) is 3.60. The Balaban J connectivity index is 2.06. The maximum absolute atomic E-state index is 10.7. The summed E-state index contributed by atoms with van der Waals surface area (Å²) < 4.78 is 10.1. The first-order valence-corrected chi connectivity index (χ1v) is 6.58. The van der Waals surface area contributed by atoms with Crippen LogP contribution in [0.3, 0.4) is 0 Å². The lowest BCUT2D eigenvalue weighted by atomic mass is 10.3. The normalized spacial score (nSPS) is 10.7. The molecule has 0 aromatic carbocycles. The number of aromatic nitrogens is 2. The molecule has 1 N–H and O–H groups in total. The minimum atomic E-state index is -1.05. The number of nitrogens with zero attached hydrogens (tertiary/aromatic N) is 2. The molecule has 0 spiro atoms. The molecule has 5 nitrogen and oxygen atoms in total. The lowest BCUT2D eigenvalue weighted by molar-refractivity contribution is 0.0661. The Morgan fingerprint density at radius 1 is 1.59 bits per heavy atom. The van der Waals surface area contributed by atoms with Gasteiger partial charge in [0.25, 0.3) is 0 Å². The van der Waals surface area contributed by atoms with Gasteiger partial charge >= 0.3 is 5.97 Å². The fraction of sp³-hybridized carbons (Fsp3) is 0.300. The highest BCUT2D eigenvalue weighted by Gasteiger charge is 2.13. The SMILES string of the molecule is Cc1nsc(SCc2cc(C(=O)O)oc2C)n1. The van der Waals surface area contributed by atoms with Crippen molar-refractivity contribution in [3.63, 3.8) is 0 Å². The largest absolute Gasteiger partial charge is 0.475 e. The van der Waals surface area contributed by atoms with E-state index >= 15 is 0 Å². The number of rotatable bonds is 4. The predicted molar refractivity (Wildman–Crippen MR) is 64.6 cm³/mol. The third-order valence-electron chi connectivity index (χ3n) is 2.09. The second-order valence-corrected chi connectivity index (χ2v) is 5.37. The first-order chi connectivity index (χ1) is 8.06. The van der Waals surface area contributed by atoms with Crippen LogP contribution in [0.25, 0.3) is 0 Å². The predicted octanol–water partition coefficient (Wildman–Crippen LogP) is 2.74. The molecule has 0 radical (unpaired) electrons. The zero-order chi connectivity index (χ0) is 12.4. The molecule has 7 heteroatoms. The monoisotopic (exact) mass is 270 g/mol. The first kappa shape index (κ1) is 12.1. The fourth-order valence-electron chi connectivity index (χ4n) is 1.24. The van der Waals surface area contributed by atoms with Crippen LogP contribution >= 0.6 is 23.3 Å². The fourth-order valence-corrected chi connectivity index (χ4v) is 2.93. The van der Waals surface area contributed by atoms with Crippen LogP contribution in [0.2, 0.25) is 0 Å². The third-order valence-corrected chi connectivity index (χ3v) is 4.07. The molecule has 0 bridgehead atoms. The van der Waals surface area contributed by atoms with Gasteiger partial charge in [0.05, 0.1) is 0 Å². The highest BCUT2D eigenvalue weighted by Crippen LogP contribution is 2.27. The van der Waals surface area contributed by atoms with Gasteiger partial charge in [-0.05, 0) is 31.4 Å². The van der Waals surface area contributed by atoms with Crippen molar-refractivity contribution in [2.24, 2.45) is 0 Å². The highest BCUT2D eigenvalue weighted by molar-refractivity contribution is 8.00. The van der Waals surface area contributed by atoms with Gasteiger partial charge < -0.3 is 9.52 Å². The molecule has 0 atom stereocenters. The van der Waals surface area contributed by atoms with Gasteiger partial charge in [-0.25, -0.2) is 9.78 Å². The molecule has 0 unspecified atom stereocenters. The van der Waals surface area contributed by atoms with Crippen LogP contribution < -0.4 is 0 Å². The van der Waals surface area contributed by atoms with E-state index in [4.69, 9.17) is 9.52 Å². The first-order valence-electron chi connectivity index (χ1n) is 4.82. The summed E-state index contributed by atoms with van der Waals surface area (Å²) in [6, 6.07) is 1.55. The van der Waals surface area contributed by atoms with Gasteiger partial charge in [0.15, 0.2) is 4.34 Å². The van der Waals surface area contributed by atoms with E-state index in [-0.39, 0.29) is 5.76 Å². The van der Waals surface area contributed by atoms with E-state index in [2.05, 4.69) is 9.36 Å². The van der Waals surface area contributed by atoms with Crippen LogP contribution in [-0.2, 0) is 5.75 Å². The Hall–Kier alpha value is -1.34. The molecular weight excluding hydrogens is 260 g/mol. The summed E-state index contributed by atoms with van der Waals surface area (Å²) in [4.78, 5) is 14.9. The topological polar surface area (TPSA) is 76.2 Å². The summed E-state index contributed by atoms with van der Waals surface area (Å²) in [5, 5.41) is 8.79. The molecular formula is C10H10N2O3S2. The van der Waals surface area contributed by atoms with Crippen LogP contribution in [0.1, 0.15) is 27.7 Å². The third kappa shape index (κ3) is 2.86. The molecule has 0 saturated heterocycles. The van der Waals surface area contributed by atoms with Gasteiger partial charge in [0.1, 0.15) is 11.6 Å². The van der Waals surface area contributed by atoms with Crippen molar-refractivity contribution in [2.75, 3.05) is 0 Å². The molecule has 2 heterocycles. The molecule has 0 aliphatic heterocycles. The Kier molecular flexibility index (Phi) is 3.49. The standard InChI is InChI=1S/C10H10N2O3S2/c1-5-7(3-8(15-5)9(13)14)4-16-10-11-6(2)12-17-10/h3H,4H2,1-2H3,(H,13,14). The van der Waals surface area contributed by atoms with Gasteiger partial charge in [0, 0.05) is 11.3 Å². The average Bonchev–Trinajstić information content (AvgIpc) is 2.82. The molecule has 0 amide bonds. The van der Waals surface area contributed by atoms with Crippen LogP contribution in [0.15, 0.2) is 14.8 Å². The molecule has 2 aromatic heterocycles. The Morgan fingerprint density at radius 3 is 2.88 bits per heavy atom. The van der Waals surface area contributed by atoms with E-state index in [9.17, 15) is 4.79 Å². The van der Waals surface area contributed by atoms with E-state index in [0.29, 0.717) is 11.5 Å². The molecule has 0 saturated carbocycles. The number of aryl methyl sites for hydroxylation is 2. The van der Waals surface area contributed by atoms with Crippen molar-refractivity contribution in [2.45, 2.75) is 23.9 Å². The van der Waals surface area contributed by atoms with Crippen LogP contribution in [-0.4, -0.2) is 20.4 Å². The van der Waals surface area contributed by atoms with Crippen LogP contribution in [0, 0.1) is 13.8 Å². The number of aromatic carboxylic acids is 1. The lowest BCUT2D eigenvalue weighted by Crippen LogP contribution is -1.91. The maximum atomic E-state index is 10.7. The van der Waals surface area contributed by atoms with E-state index in [1.807, 2.05) is 6.92 Å². The number of hydrogen-bond acceptors (Lipinski definition) is 6. The number of thioether (sulfide) groups is 1. The molecule has 2 aromatic rings. The maximum Gasteiger partial charge on any atom is 0.371 e. The average molecular weight is 270 g/mol. The van der Waals surface area contributed by atoms with Crippen molar-refractivity contribution < 1.29 is 14.3 Å². The van der Waals surface area contributed by atoms with Gasteiger partial charge in [-0.1, -0.05) is 11.8 Å². The Labute approximate surface area is 106 Å². The van der Waals surface area contributed by atoms with Gasteiger partial charge in [-0.3, -0.25) is 0 Å². The summed E-state index contributed by atoms with van der Waals surface area (Å²) >= 11 is 2.87. The minimum Gasteiger partial charge on any atom is -0.475 e. The molecule has 0 aliphatic rings. The molecule has 17 heavy (non-hydrogen) atoms.